The van der Waals surface area contributed by atoms with E-state index in [2.05, 4.69) is 26.8 Å². The van der Waals surface area contributed by atoms with Gasteiger partial charge < -0.3 is 20.1 Å². The second-order valence-electron chi connectivity index (χ2n) is 6.75. The Balaban J connectivity index is 2.04. The maximum absolute atomic E-state index is 8.90. The minimum absolute atomic E-state index is 0.112. The number of anilines is 1. The largest absolute Gasteiger partial charge is 0.495 e. The van der Waals surface area contributed by atoms with Crippen LogP contribution in [0.3, 0.4) is 0 Å². The molecule has 0 bridgehead atoms. The summed E-state index contributed by atoms with van der Waals surface area (Å²) in [4.78, 5) is 12.9. The average molecular weight is 414 g/mol. The lowest BCUT2D eigenvalue weighted by molar-refractivity contribution is 0.285. The standard InChI is InChI=1S/C21H24ClN5O2/c1-13-16(10-24-14(2)18(13)29-3)12-27-11-15(8-6-4-5-7-9-28)17-19(22)25-21(23)26-20(17)27/h10-11,28H,4-5,7,9,12H2,1-3H3,(H2,23,25,26). The summed E-state index contributed by atoms with van der Waals surface area (Å²) in [6.07, 6.45) is 6.02. The van der Waals surface area contributed by atoms with E-state index in [4.69, 9.17) is 27.2 Å². The fraction of sp³-hybridized carbons (Fsp3) is 0.381. The Morgan fingerprint density at radius 2 is 2.07 bits per heavy atom. The van der Waals surface area contributed by atoms with E-state index in [0.717, 1.165) is 41.0 Å². The number of ether oxygens (including phenoxy) is 1. The lowest BCUT2D eigenvalue weighted by Crippen LogP contribution is -2.06. The first-order valence-corrected chi connectivity index (χ1v) is 9.74. The zero-order valence-electron chi connectivity index (χ0n) is 16.8. The van der Waals surface area contributed by atoms with Crippen LogP contribution in [0.2, 0.25) is 5.15 Å². The molecule has 0 atom stereocenters. The number of methoxy groups -OCH3 is 1. The van der Waals surface area contributed by atoms with E-state index in [0.29, 0.717) is 24.0 Å². The summed E-state index contributed by atoms with van der Waals surface area (Å²) in [5, 5.41) is 9.86. The monoisotopic (exact) mass is 413 g/mol. The third-order valence-electron chi connectivity index (χ3n) is 4.73. The van der Waals surface area contributed by atoms with Gasteiger partial charge in [0.05, 0.1) is 30.3 Å². The molecule has 152 valence electrons. The summed E-state index contributed by atoms with van der Waals surface area (Å²) < 4.78 is 7.45. The molecule has 7 nitrogen and oxygen atoms in total. The van der Waals surface area contributed by atoms with Gasteiger partial charge in [-0.3, -0.25) is 4.98 Å². The molecular formula is C21H24ClN5O2. The predicted molar refractivity (Wildman–Crippen MR) is 114 cm³/mol. The van der Waals surface area contributed by atoms with Crippen molar-refractivity contribution in [3.63, 3.8) is 0 Å². The molecule has 0 amide bonds. The normalized spacial score (nSPS) is 10.8. The third-order valence-corrected chi connectivity index (χ3v) is 5.01. The molecule has 0 saturated heterocycles. The Bertz CT molecular complexity index is 1100. The van der Waals surface area contributed by atoms with Crippen LogP contribution in [0.1, 0.15) is 41.6 Å². The molecule has 8 heteroatoms. The summed E-state index contributed by atoms with van der Waals surface area (Å²) in [6, 6.07) is 0. The molecule has 3 aromatic heterocycles. The smallest absolute Gasteiger partial charge is 0.223 e. The topological polar surface area (TPSA) is 99.1 Å². The minimum atomic E-state index is 0.112. The van der Waals surface area contributed by atoms with Crippen LogP contribution in [0.15, 0.2) is 12.4 Å². The number of pyridine rings is 1. The van der Waals surface area contributed by atoms with Crippen molar-refractivity contribution in [1.29, 1.82) is 0 Å². The zero-order chi connectivity index (χ0) is 21.0. The zero-order valence-corrected chi connectivity index (χ0v) is 17.5. The molecule has 0 fully saturated rings. The van der Waals surface area contributed by atoms with Crippen molar-refractivity contribution in [2.24, 2.45) is 0 Å². The highest BCUT2D eigenvalue weighted by Gasteiger charge is 2.16. The lowest BCUT2D eigenvalue weighted by Gasteiger charge is -2.13. The Hall–Kier alpha value is -2.82. The van der Waals surface area contributed by atoms with Gasteiger partial charge in [0.1, 0.15) is 16.5 Å². The second kappa shape index (κ2) is 9.12. The van der Waals surface area contributed by atoms with Crippen LogP contribution in [0.5, 0.6) is 5.75 Å². The van der Waals surface area contributed by atoms with Gasteiger partial charge in [0.25, 0.3) is 0 Å². The quantitative estimate of drug-likeness (QED) is 0.365. The van der Waals surface area contributed by atoms with Crippen LogP contribution in [0.4, 0.5) is 5.95 Å². The average Bonchev–Trinajstić information content (AvgIpc) is 3.02. The van der Waals surface area contributed by atoms with Crippen molar-refractivity contribution in [3.05, 3.63) is 39.9 Å². The number of fused-ring (bicyclic) bond motifs is 1. The first-order chi connectivity index (χ1) is 14.0. The summed E-state index contributed by atoms with van der Waals surface area (Å²) in [5.41, 5.74) is 10.1. The van der Waals surface area contributed by atoms with Gasteiger partial charge in [0.15, 0.2) is 0 Å². The fourth-order valence-electron chi connectivity index (χ4n) is 3.25. The number of nitrogens with two attached hydrogens (primary N) is 1. The van der Waals surface area contributed by atoms with E-state index in [9.17, 15) is 0 Å². The number of aryl methyl sites for hydroxylation is 1. The highest BCUT2D eigenvalue weighted by Crippen LogP contribution is 2.29. The molecule has 0 unspecified atom stereocenters. The highest BCUT2D eigenvalue weighted by molar-refractivity contribution is 6.34. The maximum atomic E-state index is 8.90. The summed E-state index contributed by atoms with van der Waals surface area (Å²) >= 11 is 6.37. The number of unbranched alkanes of at least 4 members (excludes halogenated alkanes) is 2. The molecule has 3 heterocycles. The molecule has 0 aromatic carbocycles. The third kappa shape index (κ3) is 4.44. The molecule has 0 saturated carbocycles. The van der Waals surface area contributed by atoms with Gasteiger partial charge in [0, 0.05) is 25.4 Å². The van der Waals surface area contributed by atoms with E-state index in [1.165, 1.54) is 0 Å². The minimum Gasteiger partial charge on any atom is -0.495 e. The van der Waals surface area contributed by atoms with Crippen LogP contribution >= 0.6 is 11.6 Å². The second-order valence-corrected chi connectivity index (χ2v) is 7.11. The first-order valence-electron chi connectivity index (χ1n) is 9.36. The molecule has 3 rings (SSSR count). The maximum Gasteiger partial charge on any atom is 0.223 e. The van der Waals surface area contributed by atoms with Gasteiger partial charge in [-0.2, -0.15) is 4.98 Å². The van der Waals surface area contributed by atoms with E-state index < -0.39 is 0 Å². The summed E-state index contributed by atoms with van der Waals surface area (Å²) in [6.45, 7) is 4.61. The number of aliphatic hydroxyl groups excluding tert-OH is 1. The van der Waals surface area contributed by atoms with Gasteiger partial charge in [-0.1, -0.05) is 23.4 Å². The number of nitrogens with zero attached hydrogens (tertiary/aromatic N) is 4. The van der Waals surface area contributed by atoms with Crippen LogP contribution in [-0.2, 0) is 6.54 Å². The fourth-order valence-corrected chi connectivity index (χ4v) is 3.52. The molecule has 3 N–H and O–H groups in total. The predicted octanol–water partition coefficient (Wildman–Crippen LogP) is 3.25. The van der Waals surface area contributed by atoms with Crippen LogP contribution in [-0.4, -0.2) is 38.3 Å². The van der Waals surface area contributed by atoms with Crippen LogP contribution in [0.25, 0.3) is 11.0 Å². The lowest BCUT2D eigenvalue weighted by atomic mass is 10.1. The molecule has 0 aliphatic carbocycles. The summed E-state index contributed by atoms with van der Waals surface area (Å²) in [5.74, 6) is 7.18. The number of halogens is 1. The van der Waals surface area contributed by atoms with Crippen molar-refractivity contribution < 1.29 is 9.84 Å². The Kier molecular flexibility index (Phi) is 6.57. The van der Waals surface area contributed by atoms with Crippen molar-refractivity contribution in [2.75, 3.05) is 19.5 Å². The SMILES string of the molecule is COc1c(C)ncc(Cn2cc(C#CCCCCO)c3c(Cl)nc(N)nc32)c1C. The number of nitrogen functional groups attached to an aromatic ring is 1. The van der Waals surface area contributed by atoms with E-state index in [1.807, 2.05) is 30.8 Å². The Morgan fingerprint density at radius 3 is 2.79 bits per heavy atom. The number of rotatable bonds is 6. The van der Waals surface area contributed by atoms with Crippen molar-refractivity contribution in [3.8, 4) is 17.6 Å². The Labute approximate surface area is 174 Å². The number of aliphatic hydroxyl groups is 1. The molecule has 29 heavy (non-hydrogen) atoms. The van der Waals surface area contributed by atoms with Crippen molar-refractivity contribution in [1.82, 2.24) is 19.5 Å². The molecular weight excluding hydrogens is 390 g/mol. The molecule has 0 spiro atoms. The van der Waals surface area contributed by atoms with Gasteiger partial charge in [-0.25, -0.2) is 4.98 Å². The first kappa shape index (κ1) is 20.9. The number of hydrogen-bond acceptors (Lipinski definition) is 6. The number of hydrogen-bond donors (Lipinski definition) is 2. The van der Waals surface area contributed by atoms with E-state index in [1.54, 1.807) is 7.11 Å². The molecule has 0 aliphatic heterocycles. The van der Waals surface area contributed by atoms with Crippen LogP contribution < -0.4 is 10.5 Å². The van der Waals surface area contributed by atoms with E-state index in [-0.39, 0.29) is 17.7 Å². The Morgan fingerprint density at radius 1 is 1.28 bits per heavy atom. The van der Waals surface area contributed by atoms with Gasteiger partial charge >= 0.3 is 0 Å². The molecule has 0 aliphatic rings. The van der Waals surface area contributed by atoms with Gasteiger partial charge in [0.2, 0.25) is 5.95 Å². The highest BCUT2D eigenvalue weighted by atomic mass is 35.5. The molecule has 3 aromatic rings. The van der Waals surface area contributed by atoms with Crippen LogP contribution in [0, 0.1) is 25.7 Å². The molecule has 0 radical (unpaired) electrons. The van der Waals surface area contributed by atoms with Crippen molar-refractivity contribution in [2.45, 2.75) is 39.7 Å². The van der Waals surface area contributed by atoms with E-state index >= 15 is 0 Å². The van der Waals surface area contributed by atoms with Gasteiger partial charge in [-0.05, 0) is 37.8 Å². The number of aromatic nitrogens is 4. The van der Waals surface area contributed by atoms with Crippen molar-refractivity contribution >= 4 is 28.6 Å². The summed E-state index contributed by atoms with van der Waals surface area (Å²) in [7, 11) is 1.64. The van der Waals surface area contributed by atoms with Gasteiger partial charge in [-0.15, -0.1) is 0 Å².